The quantitative estimate of drug-likeness (QED) is 0.805. The highest BCUT2D eigenvalue weighted by atomic mass is 19.4. The van der Waals surface area contributed by atoms with Crippen LogP contribution in [0.4, 0.5) is 13.2 Å². The first kappa shape index (κ1) is 12.4. The first-order valence-corrected chi connectivity index (χ1v) is 5.09. The summed E-state index contributed by atoms with van der Waals surface area (Å²) in [5, 5.41) is 0. The number of hydrogen-bond donors (Lipinski definition) is 1. The Kier molecular flexibility index (Phi) is 2.76. The molecule has 1 aliphatic heterocycles. The zero-order chi connectivity index (χ0) is 13.5. The van der Waals surface area contributed by atoms with Crippen LogP contribution >= 0.6 is 0 Å². The van der Waals surface area contributed by atoms with Crippen LogP contribution in [0, 0.1) is 0 Å². The lowest BCUT2D eigenvalue weighted by molar-refractivity contribution is -0.138. The maximum atomic E-state index is 12.7. The summed E-state index contributed by atoms with van der Waals surface area (Å²) in [5.74, 6) is -1.54. The number of rotatable bonds is 2. The number of nitrogens with two attached hydrogens (primary N) is 1. The van der Waals surface area contributed by atoms with E-state index in [4.69, 9.17) is 5.73 Å². The van der Waals surface area contributed by atoms with E-state index in [-0.39, 0.29) is 6.54 Å². The van der Waals surface area contributed by atoms with Crippen molar-refractivity contribution in [1.82, 2.24) is 4.90 Å². The molecule has 1 heterocycles. The highest BCUT2D eigenvalue weighted by Crippen LogP contribution is 2.33. The Bertz CT molecular complexity index is 513. The molecule has 96 valence electrons. The molecule has 0 saturated carbocycles. The lowest BCUT2D eigenvalue weighted by Gasteiger charge is -2.12. The predicted molar refractivity (Wildman–Crippen MR) is 55.5 cm³/mol. The average Bonchev–Trinajstić information content (AvgIpc) is 3.07. The maximum Gasteiger partial charge on any atom is 0.417 e. The van der Waals surface area contributed by atoms with Crippen LogP contribution in [0.1, 0.15) is 15.9 Å². The third-order valence-electron chi connectivity index (χ3n) is 2.66. The Labute approximate surface area is 100 Å². The highest BCUT2D eigenvalue weighted by Gasteiger charge is 2.45. The summed E-state index contributed by atoms with van der Waals surface area (Å²) in [7, 11) is 0. The number of primary amides is 1. The number of hydrogen-bond acceptors (Lipinski definition) is 2. The Morgan fingerprint density at radius 2 is 1.89 bits per heavy atom. The molecule has 0 bridgehead atoms. The van der Waals surface area contributed by atoms with Gasteiger partial charge in [0.15, 0.2) is 0 Å². The Hall–Kier alpha value is -2.05. The van der Waals surface area contributed by atoms with E-state index < -0.39 is 35.2 Å². The molecule has 1 atom stereocenters. The fraction of sp³-hybridized carbons (Fsp3) is 0.273. The fourth-order valence-electron chi connectivity index (χ4n) is 1.68. The zero-order valence-corrected chi connectivity index (χ0v) is 9.07. The van der Waals surface area contributed by atoms with Crippen LogP contribution in [-0.2, 0) is 11.0 Å². The summed E-state index contributed by atoms with van der Waals surface area (Å²) in [6, 6.07) is 3.66. The fourth-order valence-corrected chi connectivity index (χ4v) is 1.68. The average molecular weight is 258 g/mol. The van der Waals surface area contributed by atoms with Crippen molar-refractivity contribution in [2.75, 3.05) is 6.54 Å². The van der Waals surface area contributed by atoms with Gasteiger partial charge in [0.2, 0.25) is 5.91 Å². The molecule has 2 amide bonds. The molecule has 0 spiro atoms. The molecular weight excluding hydrogens is 249 g/mol. The van der Waals surface area contributed by atoms with Crippen LogP contribution in [0.5, 0.6) is 0 Å². The number of alkyl halides is 3. The van der Waals surface area contributed by atoms with Crippen molar-refractivity contribution >= 4 is 11.8 Å². The minimum atomic E-state index is -4.61. The molecule has 1 unspecified atom stereocenters. The predicted octanol–water partition coefficient (Wildman–Crippen LogP) is 1.02. The normalized spacial score (nSPS) is 18.6. The van der Waals surface area contributed by atoms with Crippen molar-refractivity contribution in [3.63, 3.8) is 0 Å². The number of carbonyl (C=O) groups excluding carboxylic acids is 2. The van der Waals surface area contributed by atoms with Crippen LogP contribution in [0.2, 0.25) is 0 Å². The van der Waals surface area contributed by atoms with Crippen molar-refractivity contribution < 1.29 is 22.8 Å². The molecule has 1 aliphatic rings. The van der Waals surface area contributed by atoms with Gasteiger partial charge in [-0.2, -0.15) is 13.2 Å². The van der Waals surface area contributed by atoms with E-state index >= 15 is 0 Å². The smallest absolute Gasteiger partial charge is 0.368 e. The summed E-state index contributed by atoms with van der Waals surface area (Å²) in [4.78, 5) is 23.6. The Morgan fingerprint density at radius 1 is 1.28 bits per heavy atom. The Morgan fingerprint density at radius 3 is 2.39 bits per heavy atom. The van der Waals surface area contributed by atoms with E-state index in [1.54, 1.807) is 0 Å². The van der Waals surface area contributed by atoms with Crippen molar-refractivity contribution in [2.45, 2.75) is 12.2 Å². The highest BCUT2D eigenvalue weighted by molar-refractivity contribution is 6.01. The van der Waals surface area contributed by atoms with E-state index in [0.29, 0.717) is 0 Å². The summed E-state index contributed by atoms with van der Waals surface area (Å²) >= 11 is 0. The molecule has 2 N–H and O–H groups in total. The van der Waals surface area contributed by atoms with E-state index in [1.165, 1.54) is 12.1 Å². The van der Waals surface area contributed by atoms with E-state index in [9.17, 15) is 22.8 Å². The molecule has 1 aromatic rings. The van der Waals surface area contributed by atoms with Gasteiger partial charge in [-0.1, -0.05) is 12.1 Å². The molecule has 0 aromatic heterocycles. The number of amides is 2. The standard InChI is InChI=1S/C11H9F3N2O2/c12-11(13,14)7-4-2-1-3-6(7)10(18)16-5-8(16)9(15)17/h1-4,8H,5H2,(H2,15,17). The summed E-state index contributed by atoms with van der Waals surface area (Å²) in [6.45, 7) is 0.0698. The van der Waals surface area contributed by atoms with Gasteiger partial charge in [-0.3, -0.25) is 9.59 Å². The first-order valence-electron chi connectivity index (χ1n) is 5.09. The molecule has 1 aromatic carbocycles. The van der Waals surface area contributed by atoms with Crippen molar-refractivity contribution in [3.8, 4) is 0 Å². The van der Waals surface area contributed by atoms with Crippen LogP contribution in [0.25, 0.3) is 0 Å². The second-order valence-electron chi connectivity index (χ2n) is 3.92. The van der Waals surface area contributed by atoms with Gasteiger partial charge in [0.1, 0.15) is 6.04 Å². The SMILES string of the molecule is NC(=O)C1CN1C(=O)c1ccccc1C(F)(F)F. The maximum absolute atomic E-state index is 12.7. The van der Waals surface area contributed by atoms with Crippen LogP contribution in [0.15, 0.2) is 24.3 Å². The minimum absolute atomic E-state index is 0.0698. The molecule has 4 nitrogen and oxygen atoms in total. The van der Waals surface area contributed by atoms with Crippen molar-refractivity contribution in [1.29, 1.82) is 0 Å². The van der Waals surface area contributed by atoms with Gasteiger partial charge in [0, 0.05) is 0 Å². The number of nitrogens with zero attached hydrogens (tertiary/aromatic N) is 1. The monoisotopic (exact) mass is 258 g/mol. The van der Waals surface area contributed by atoms with Crippen molar-refractivity contribution in [3.05, 3.63) is 35.4 Å². The van der Waals surface area contributed by atoms with E-state index in [2.05, 4.69) is 0 Å². The van der Waals surface area contributed by atoms with E-state index in [0.717, 1.165) is 17.0 Å². The topological polar surface area (TPSA) is 63.2 Å². The second-order valence-corrected chi connectivity index (χ2v) is 3.92. The van der Waals surface area contributed by atoms with Crippen LogP contribution in [0.3, 0.4) is 0 Å². The third kappa shape index (κ3) is 2.15. The number of benzene rings is 1. The summed E-state index contributed by atoms with van der Waals surface area (Å²) < 4.78 is 38.1. The van der Waals surface area contributed by atoms with Gasteiger partial charge in [0.25, 0.3) is 5.91 Å². The summed E-state index contributed by atoms with van der Waals surface area (Å²) in [5.41, 5.74) is 3.50. The second kappa shape index (κ2) is 4.01. The molecular formula is C11H9F3N2O2. The van der Waals surface area contributed by atoms with Gasteiger partial charge in [-0.05, 0) is 12.1 Å². The molecule has 7 heteroatoms. The summed E-state index contributed by atoms with van der Waals surface area (Å²) in [6.07, 6.45) is -4.61. The van der Waals surface area contributed by atoms with Gasteiger partial charge < -0.3 is 10.6 Å². The molecule has 0 aliphatic carbocycles. The van der Waals surface area contributed by atoms with Gasteiger partial charge in [-0.15, -0.1) is 0 Å². The molecule has 0 radical (unpaired) electrons. The first-order chi connectivity index (χ1) is 8.32. The lowest BCUT2D eigenvalue weighted by atomic mass is 10.1. The number of halogens is 3. The molecule has 1 fully saturated rings. The van der Waals surface area contributed by atoms with Gasteiger partial charge in [-0.25, -0.2) is 0 Å². The Balaban J connectivity index is 2.30. The molecule has 1 saturated heterocycles. The van der Waals surface area contributed by atoms with Crippen LogP contribution < -0.4 is 5.73 Å². The van der Waals surface area contributed by atoms with Gasteiger partial charge >= 0.3 is 6.18 Å². The largest absolute Gasteiger partial charge is 0.417 e. The zero-order valence-electron chi connectivity index (χ0n) is 9.07. The van der Waals surface area contributed by atoms with E-state index in [1.807, 2.05) is 0 Å². The van der Waals surface area contributed by atoms with Crippen LogP contribution in [-0.4, -0.2) is 29.3 Å². The van der Waals surface area contributed by atoms with Crippen molar-refractivity contribution in [2.24, 2.45) is 5.73 Å². The molecule has 18 heavy (non-hydrogen) atoms. The van der Waals surface area contributed by atoms with Gasteiger partial charge in [0.05, 0.1) is 17.7 Å². The number of carbonyl (C=O) groups is 2. The lowest BCUT2D eigenvalue weighted by Crippen LogP contribution is -2.26. The minimum Gasteiger partial charge on any atom is -0.368 e. The third-order valence-corrected chi connectivity index (χ3v) is 2.66. The molecule has 2 rings (SSSR count).